The van der Waals surface area contributed by atoms with Crippen LogP contribution in [-0.2, 0) is 13.3 Å². The first-order valence-electron chi connectivity index (χ1n) is 11.8. The Morgan fingerprint density at radius 1 is 0.593 bits per heavy atom. The summed E-state index contributed by atoms with van der Waals surface area (Å²) in [6.07, 6.45) is 18.7. The van der Waals surface area contributed by atoms with Crippen LogP contribution < -0.4 is 0 Å². The van der Waals surface area contributed by atoms with E-state index in [2.05, 4.69) is 27.4 Å². The molecule has 0 saturated heterocycles. The zero-order valence-corrected chi connectivity index (χ0v) is 19.7. The lowest BCUT2D eigenvalue weighted by molar-refractivity contribution is 0.0548. The van der Waals surface area contributed by atoms with Crippen LogP contribution >= 0.6 is 0 Å². The van der Waals surface area contributed by atoms with Gasteiger partial charge in [0.05, 0.1) is 0 Å². The van der Waals surface area contributed by atoms with Crippen molar-refractivity contribution >= 4 is 8.80 Å². The van der Waals surface area contributed by atoms with Crippen LogP contribution in [0.4, 0.5) is 0 Å². The van der Waals surface area contributed by atoms with Gasteiger partial charge in [-0.25, -0.2) is 0 Å². The van der Waals surface area contributed by atoms with Crippen molar-refractivity contribution in [2.75, 3.05) is 19.8 Å². The van der Waals surface area contributed by atoms with Crippen LogP contribution in [0.2, 0.25) is 6.04 Å². The molecule has 0 atom stereocenters. The van der Waals surface area contributed by atoms with Gasteiger partial charge in [-0.3, -0.25) is 0 Å². The lowest BCUT2D eigenvalue weighted by atomic mass is 10.1. The van der Waals surface area contributed by atoms with Gasteiger partial charge in [0.2, 0.25) is 0 Å². The highest BCUT2D eigenvalue weighted by Crippen LogP contribution is 2.22. The van der Waals surface area contributed by atoms with Gasteiger partial charge in [0.15, 0.2) is 0 Å². The molecule has 0 fully saturated rings. The van der Waals surface area contributed by atoms with Gasteiger partial charge in [0.25, 0.3) is 0 Å². The van der Waals surface area contributed by atoms with E-state index in [9.17, 15) is 0 Å². The van der Waals surface area contributed by atoms with Crippen LogP contribution in [0.3, 0.4) is 0 Å². The molecule has 0 N–H and O–H groups in total. The number of hydrogen-bond donors (Lipinski definition) is 0. The summed E-state index contributed by atoms with van der Waals surface area (Å²) in [6, 6.07) is 0.978. The van der Waals surface area contributed by atoms with E-state index in [0.29, 0.717) is 0 Å². The Kier molecular flexibility index (Phi) is 20.4. The van der Waals surface area contributed by atoms with Gasteiger partial charge in [-0.05, 0) is 38.5 Å². The van der Waals surface area contributed by atoms with Crippen LogP contribution in [0.25, 0.3) is 0 Å². The van der Waals surface area contributed by atoms with E-state index in [4.69, 9.17) is 13.3 Å². The number of unbranched alkanes of at least 4 members (excludes halogenated alkanes) is 10. The third kappa shape index (κ3) is 16.5. The summed E-state index contributed by atoms with van der Waals surface area (Å²) in [6.45, 7) is 12.9. The molecule has 0 saturated carbocycles. The summed E-state index contributed by atoms with van der Waals surface area (Å²) >= 11 is 0. The summed E-state index contributed by atoms with van der Waals surface area (Å²) in [7, 11) is -2.53. The average molecular weight is 401 g/mol. The minimum Gasteiger partial charge on any atom is -0.373 e. The second-order valence-corrected chi connectivity index (χ2v) is 10.3. The van der Waals surface area contributed by atoms with Gasteiger partial charge >= 0.3 is 8.80 Å². The lowest BCUT2D eigenvalue weighted by Gasteiger charge is -2.30. The van der Waals surface area contributed by atoms with Gasteiger partial charge in [0.1, 0.15) is 0 Å². The van der Waals surface area contributed by atoms with Gasteiger partial charge in [-0.15, -0.1) is 6.58 Å². The fourth-order valence-corrected chi connectivity index (χ4v) is 5.80. The van der Waals surface area contributed by atoms with E-state index in [1.54, 1.807) is 0 Å². The van der Waals surface area contributed by atoms with Crippen molar-refractivity contribution in [3.05, 3.63) is 12.7 Å². The highest BCUT2D eigenvalue weighted by atomic mass is 28.4. The number of allylic oxidation sites excluding steroid dienone is 1. The maximum absolute atomic E-state index is 6.40. The maximum atomic E-state index is 6.40. The Bertz CT molecular complexity index is 279. The quantitative estimate of drug-likeness (QED) is 0.106. The van der Waals surface area contributed by atoms with Gasteiger partial charge in [0, 0.05) is 25.9 Å². The first-order valence-corrected chi connectivity index (χ1v) is 13.7. The summed E-state index contributed by atoms with van der Waals surface area (Å²) < 4.78 is 19.2. The summed E-state index contributed by atoms with van der Waals surface area (Å²) in [5.41, 5.74) is 0. The lowest BCUT2D eigenvalue weighted by Crippen LogP contribution is -2.46. The molecule has 0 unspecified atom stereocenters. The van der Waals surface area contributed by atoms with Gasteiger partial charge < -0.3 is 13.3 Å². The second kappa shape index (κ2) is 20.6. The molecule has 0 aromatic heterocycles. The van der Waals surface area contributed by atoms with E-state index in [-0.39, 0.29) is 0 Å². The van der Waals surface area contributed by atoms with Crippen molar-refractivity contribution in [2.24, 2.45) is 0 Å². The largest absolute Gasteiger partial charge is 0.500 e. The molecule has 0 aliphatic rings. The molecule has 0 aliphatic carbocycles. The highest BCUT2D eigenvalue weighted by molar-refractivity contribution is 6.60. The second-order valence-electron chi connectivity index (χ2n) is 7.59. The molecule has 0 radical (unpaired) electrons. The monoisotopic (exact) mass is 400 g/mol. The van der Waals surface area contributed by atoms with E-state index in [1.165, 1.54) is 57.8 Å². The van der Waals surface area contributed by atoms with Crippen molar-refractivity contribution in [3.63, 3.8) is 0 Å². The predicted molar refractivity (Wildman–Crippen MR) is 120 cm³/mol. The molecular weight excluding hydrogens is 352 g/mol. The normalized spacial score (nSPS) is 11.8. The molecule has 0 aromatic rings. The molecule has 0 amide bonds. The van der Waals surface area contributed by atoms with Crippen molar-refractivity contribution in [2.45, 2.75) is 117 Å². The first kappa shape index (κ1) is 26.8. The Hall–Kier alpha value is -0.163. The molecule has 3 nitrogen and oxygen atoms in total. The third-order valence-electron chi connectivity index (χ3n) is 4.85. The van der Waals surface area contributed by atoms with Crippen molar-refractivity contribution in [3.8, 4) is 0 Å². The summed E-state index contributed by atoms with van der Waals surface area (Å²) in [5, 5.41) is 0. The molecule has 0 bridgehead atoms. The van der Waals surface area contributed by atoms with Crippen LogP contribution in [-0.4, -0.2) is 28.6 Å². The fraction of sp³-hybridized carbons (Fsp3) is 0.913. The topological polar surface area (TPSA) is 27.7 Å². The Balaban J connectivity index is 4.63. The average Bonchev–Trinajstić information content (AvgIpc) is 2.68. The SMILES string of the molecule is C=CCCCCCC[Si](OCCCCC)(OCCCCC)OCCCCC. The van der Waals surface area contributed by atoms with Crippen molar-refractivity contribution in [1.29, 1.82) is 0 Å². The zero-order chi connectivity index (χ0) is 20.1. The van der Waals surface area contributed by atoms with Crippen LogP contribution in [0.15, 0.2) is 12.7 Å². The Morgan fingerprint density at radius 3 is 1.44 bits per heavy atom. The molecule has 0 rings (SSSR count). The molecule has 0 aliphatic heterocycles. The van der Waals surface area contributed by atoms with E-state index in [0.717, 1.165) is 58.0 Å². The molecule has 162 valence electrons. The molecule has 0 spiro atoms. The van der Waals surface area contributed by atoms with Crippen LogP contribution in [0, 0.1) is 0 Å². The molecular formula is C23H48O3Si. The van der Waals surface area contributed by atoms with Crippen molar-refractivity contribution in [1.82, 2.24) is 0 Å². The fourth-order valence-electron chi connectivity index (χ4n) is 3.06. The third-order valence-corrected chi connectivity index (χ3v) is 7.75. The van der Waals surface area contributed by atoms with Crippen LogP contribution in [0.1, 0.15) is 111 Å². The minimum absolute atomic E-state index is 0.790. The highest BCUT2D eigenvalue weighted by Gasteiger charge is 2.40. The zero-order valence-electron chi connectivity index (χ0n) is 18.7. The number of hydrogen-bond acceptors (Lipinski definition) is 3. The smallest absolute Gasteiger partial charge is 0.373 e. The van der Waals surface area contributed by atoms with Gasteiger partial charge in [-0.1, -0.05) is 78.2 Å². The standard InChI is InChI=1S/C23H48O3Si/c1-5-9-13-14-15-19-23-27(24-20-16-10-6-2,25-21-17-11-7-3)26-22-18-12-8-4/h5H,1,6-23H2,2-4H3. The molecule has 4 heteroatoms. The van der Waals surface area contributed by atoms with Crippen LogP contribution in [0.5, 0.6) is 0 Å². The summed E-state index contributed by atoms with van der Waals surface area (Å²) in [5.74, 6) is 0. The molecule has 0 heterocycles. The molecule has 0 aromatic carbocycles. The van der Waals surface area contributed by atoms with E-state index in [1.807, 2.05) is 6.08 Å². The summed E-state index contributed by atoms with van der Waals surface area (Å²) in [4.78, 5) is 0. The van der Waals surface area contributed by atoms with Crippen molar-refractivity contribution < 1.29 is 13.3 Å². The van der Waals surface area contributed by atoms with E-state index < -0.39 is 8.80 Å². The number of rotatable bonds is 22. The van der Waals surface area contributed by atoms with Gasteiger partial charge in [-0.2, -0.15) is 0 Å². The Morgan fingerprint density at radius 2 is 1.04 bits per heavy atom. The minimum atomic E-state index is -2.53. The maximum Gasteiger partial charge on any atom is 0.500 e. The van der Waals surface area contributed by atoms with E-state index >= 15 is 0 Å². The first-order chi connectivity index (χ1) is 13.2. The predicted octanol–water partition coefficient (Wildman–Crippen LogP) is 7.68. The molecule has 27 heavy (non-hydrogen) atoms. The Labute approximate surface area is 171 Å².